The van der Waals surface area contributed by atoms with Crippen molar-refractivity contribution in [1.29, 1.82) is 0 Å². The maximum atomic E-state index is 11.9. The summed E-state index contributed by atoms with van der Waals surface area (Å²) in [5.41, 5.74) is 0.299. The number of nitrogens with zero attached hydrogens (tertiary/aromatic N) is 3. The minimum Gasteiger partial charge on any atom is -0.305 e. The lowest BCUT2D eigenvalue weighted by Gasteiger charge is -2.07. The molecule has 0 amide bonds. The van der Waals surface area contributed by atoms with Gasteiger partial charge in [0, 0.05) is 18.3 Å². The van der Waals surface area contributed by atoms with Crippen LogP contribution in [0.15, 0.2) is 29.5 Å². The number of fused-ring (bicyclic) bond motifs is 1. The van der Waals surface area contributed by atoms with Crippen molar-refractivity contribution in [3.05, 3.63) is 35.0 Å². The monoisotopic (exact) mass is 219 g/mol. The molecule has 2 rings (SSSR count). The van der Waals surface area contributed by atoms with Crippen LogP contribution in [0.4, 0.5) is 0 Å². The van der Waals surface area contributed by atoms with Crippen LogP contribution in [0.3, 0.4) is 0 Å². The third kappa shape index (κ3) is 1.76. The second kappa shape index (κ2) is 3.92. The number of hydrogen-bond donors (Lipinski definition) is 0. The molecule has 0 fully saturated rings. The average Bonchev–Trinajstić information content (AvgIpc) is 2.70. The first kappa shape index (κ1) is 10.6. The van der Waals surface area contributed by atoms with Gasteiger partial charge < -0.3 is 4.57 Å². The molecule has 2 aromatic heterocycles. The molecule has 0 aliphatic rings. The fraction of sp³-hybridized carbons (Fsp3) is 0.364. The lowest BCUT2D eigenvalue weighted by atomic mass is 10.1. The Morgan fingerprint density at radius 3 is 2.88 bits per heavy atom. The Labute approximate surface area is 92.3 Å². The first-order valence-electron chi connectivity index (χ1n) is 5.15. The van der Waals surface area contributed by atoms with Gasteiger partial charge in [-0.3, -0.25) is 9.59 Å². The Hall–Kier alpha value is -1.91. The molecule has 0 saturated carbocycles. The van der Waals surface area contributed by atoms with E-state index in [9.17, 15) is 9.59 Å². The highest BCUT2D eigenvalue weighted by molar-refractivity contribution is 5.80. The van der Waals surface area contributed by atoms with E-state index in [1.807, 2.05) is 13.8 Å². The SMILES string of the molecule is CC(C)C(=O)Cn1ccn2nccc2c1=O. The van der Waals surface area contributed by atoms with E-state index in [2.05, 4.69) is 5.10 Å². The molecule has 0 N–H and O–H groups in total. The summed E-state index contributed by atoms with van der Waals surface area (Å²) < 4.78 is 2.91. The Bertz CT molecular complexity index is 580. The number of rotatable bonds is 3. The Kier molecular flexibility index (Phi) is 2.60. The van der Waals surface area contributed by atoms with Crippen molar-refractivity contribution in [2.24, 2.45) is 5.92 Å². The van der Waals surface area contributed by atoms with E-state index >= 15 is 0 Å². The predicted octanol–water partition coefficient (Wildman–Crippen LogP) is 0.721. The molecule has 2 heterocycles. The third-order valence-corrected chi connectivity index (χ3v) is 2.51. The van der Waals surface area contributed by atoms with Gasteiger partial charge in [0.1, 0.15) is 5.52 Å². The van der Waals surface area contributed by atoms with Crippen LogP contribution >= 0.6 is 0 Å². The molecule has 0 saturated heterocycles. The molecule has 0 aliphatic heterocycles. The summed E-state index contributed by atoms with van der Waals surface area (Å²) in [6.07, 6.45) is 4.82. The highest BCUT2D eigenvalue weighted by Gasteiger charge is 2.10. The minimum absolute atomic E-state index is 0.0472. The van der Waals surface area contributed by atoms with Gasteiger partial charge in [-0.25, -0.2) is 4.52 Å². The second-order valence-corrected chi connectivity index (χ2v) is 4.01. The summed E-state index contributed by atoms with van der Waals surface area (Å²) >= 11 is 0. The van der Waals surface area contributed by atoms with Gasteiger partial charge in [0.15, 0.2) is 5.78 Å². The summed E-state index contributed by atoms with van der Waals surface area (Å²) in [4.78, 5) is 23.5. The zero-order valence-corrected chi connectivity index (χ0v) is 9.25. The molecular weight excluding hydrogens is 206 g/mol. The van der Waals surface area contributed by atoms with Crippen molar-refractivity contribution in [2.45, 2.75) is 20.4 Å². The average molecular weight is 219 g/mol. The van der Waals surface area contributed by atoms with Gasteiger partial charge in [0.05, 0.1) is 12.7 Å². The topological polar surface area (TPSA) is 56.4 Å². The molecule has 5 heteroatoms. The highest BCUT2D eigenvalue weighted by Crippen LogP contribution is 1.98. The van der Waals surface area contributed by atoms with Crippen molar-refractivity contribution < 1.29 is 4.79 Å². The molecule has 0 aliphatic carbocycles. The summed E-state index contributed by atoms with van der Waals surface area (Å²) in [5.74, 6) is -0.0148. The van der Waals surface area contributed by atoms with E-state index in [4.69, 9.17) is 0 Å². The Balaban J connectivity index is 2.42. The standard InChI is InChI=1S/C11H13N3O2/c1-8(2)10(15)7-13-5-6-14-9(11(13)16)3-4-12-14/h3-6,8H,7H2,1-2H3. The first-order chi connectivity index (χ1) is 7.59. The van der Waals surface area contributed by atoms with Crippen molar-refractivity contribution in [3.63, 3.8) is 0 Å². The minimum atomic E-state index is -0.186. The number of ketones is 1. The van der Waals surface area contributed by atoms with Crippen molar-refractivity contribution >= 4 is 11.3 Å². The largest absolute Gasteiger partial charge is 0.305 e. The number of Topliss-reactive ketones (excluding diaryl/α,β-unsaturated/α-hetero) is 1. The molecule has 2 aromatic rings. The predicted molar refractivity (Wildman–Crippen MR) is 59.3 cm³/mol. The smallest absolute Gasteiger partial charge is 0.276 e. The lowest BCUT2D eigenvalue weighted by Crippen LogP contribution is -2.26. The number of carbonyl (C=O) groups excluding carboxylic acids is 1. The van der Waals surface area contributed by atoms with Crippen LogP contribution in [0.25, 0.3) is 5.52 Å². The van der Waals surface area contributed by atoms with E-state index in [1.54, 1.807) is 24.7 Å². The first-order valence-corrected chi connectivity index (χ1v) is 5.15. The van der Waals surface area contributed by atoms with Gasteiger partial charge in [-0.05, 0) is 6.07 Å². The van der Waals surface area contributed by atoms with Crippen LogP contribution in [-0.4, -0.2) is 20.0 Å². The molecule has 5 nitrogen and oxygen atoms in total. The maximum Gasteiger partial charge on any atom is 0.276 e. The molecule has 0 radical (unpaired) electrons. The lowest BCUT2D eigenvalue weighted by molar-refractivity contribution is -0.122. The van der Waals surface area contributed by atoms with Gasteiger partial charge in [-0.2, -0.15) is 5.10 Å². The molecule has 0 bridgehead atoms. The zero-order chi connectivity index (χ0) is 11.7. The summed E-state index contributed by atoms with van der Waals surface area (Å²) in [5, 5.41) is 3.95. The van der Waals surface area contributed by atoms with Gasteiger partial charge in [-0.15, -0.1) is 0 Å². The van der Waals surface area contributed by atoms with Gasteiger partial charge in [0.25, 0.3) is 5.56 Å². The van der Waals surface area contributed by atoms with Crippen LogP contribution in [0.5, 0.6) is 0 Å². The summed E-state index contributed by atoms with van der Waals surface area (Å²) in [6.45, 7) is 3.77. The van der Waals surface area contributed by atoms with E-state index < -0.39 is 0 Å². The Morgan fingerprint density at radius 1 is 1.44 bits per heavy atom. The van der Waals surface area contributed by atoms with Crippen molar-refractivity contribution in [2.75, 3.05) is 0 Å². The maximum absolute atomic E-state index is 11.9. The molecule has 0 spiro atoms. The highest BCUT2D eigenvalue weighted by atomic mass is 16.1. The number of aromatic nitrogens is 3. The summed E-state index contributed by atoms with van der Waals surface area (Å²) in [7, 11) is 0. The van der Waals surface area contributed by atoms with Crippen LogP contribution in [-0.2, 0) is 11.3 Å². The molecule has 16 heavy (non-hydrogen) atoms. The summed E-state index contributed by atoms with van der Waals surface area (Å²) in [6, 6.07) is 1.64. The van der Waals surface area contributed by atoms with Gasteiger partial charge in [0.2, 0.25) is 0 Å². The quantitative estimate of drug-likeness (QED) is 0.764. The van der Waals surface area contributed by atoms with Crippen molar-refractivity contribution in [1.82, 2.24) is 14.2 Å². The molecular formula is C11H13N3O2. The molecule has 0 aromatic carbocycles. The zero-order valence-electron chi connectivity index (χ0n) is 9.25. The molecule has 0 atom stereocenters. The number of hydrogen-bond acceptors (Lipinski definition) is 3. The second-order valence-electron chi connectivity index (χ2n) is 4.01. The number of carbonyl (C=O) groups is 1. The fourth-order valence-electron chi connectivity index (χ4n) is 1.44. The normalized spacial score (nSPS) is 11.2. The van der Waals surface area contributed by atoms with Gasteiger partial charge >= 0.3 is 0 Å². The van der Waals surface area contributed by atoms with E-state index in [1.165, 1.54) is 9.08 Å². The molecule has 84 valence electrons. The van der Waals surface area contributed by atoms with E-state index in [0.717, 1.165) is 0 Å². The van der Waals surface area contributed by atoms with Crippen LogP contribution in [0, 0.1) is 5.92 Å². The van der Waals surface area contributed by atoms with E-state index in [-0.39, 0.29) is 23.8 Å². The van der Waals surface area contributed by atoms with Crippen LogP contribution in [0.2, 0.25) is 0 Å². The van der Waals surface area contributed by atoms with Crippen molar-refractivity contribution in [3.8, 4) is 0 Å². The fourth-order valence-corrected chi connectivity index (χ4v) is 1.44. The van der Waals surface area contributed by atoms with Gasteiger partial charge in [-0.1, -0.05) is 13.8 Å². The van der Waals surface area contributed by atoms with Crippen LogP contribution in [0.1, 0.15) is 13.8 Å². The third-order valence-electron chi connectivity index (χ3n) is 2.51. The van der Waals surface area contributed by atoms with E-state index in [0.29, 0.717) is 5.52 Å². The van der Waals surface area contributed by atoms with Crippen LogP contribution < -0.4 is 5.56 Å². The molecule has 0 unspecified atom stereocenters. The Morgan fingerprint density at radius 2 is 2.19 bits per heavy atom.